The van der Waals surface area contributed by atoms with Gasteiger partial charge in [-0.05, 0) is 19.3 Å². The first-order valence-electron chi connectivity index (χ1n) is 6.64. The predicted octanol–water partition coefficient (Wildman–Crippen LogP) is 2.08. The van der Waals surface area contributed by atoms with E-state index in [0.717, 1.165) is 25.7 Å². The van der Waals surface area contributed by atoms with Crippen molar-refractivity contribution < 1.29 is 19.4 Å². The molecule has 0 aromatic carbocycles. The largest absolute Gasteiger partial charge is 0.480 e. The van der Waals surface area contributed by atoms with Crippen LogP contribution in [0.3, 0.4) is 0 Å². The van der Waals surface area contributed by atoms with Crippen molar-refractivity contribution >= 4 is 11.9 Å². The molecule has 18 heavy (non-hydrogen) atoms. The second-order valence-electron chi connectivity index (χ2n) is 4.60. The van der Waals surface area contributed by atoms with Gasteiger partial charge in [-0.1, -0.05) is 33.1 Å². The summed E-state index contributed by atoms with van der Waals surface area (Å²) in [4.78, 5) is 22.3. The Morgan fingerprint density at radius 3 is 2.39 bits per heavy atom. The van der Waals surface area contributed by atoms with E-state index in [4.69, 9.17) is 15.6 Å². The molecule has 0 aromatic heterocycles. The highest BCUT2D eigenvalue weighted by atomic mass is 16.5. The topological polar surface area (TPSA) is 89.6 Å². The molecule has 0 radical (unpaired) electrons. The van der Waals surface area contributed by atoms with Gasteiger partial charge in [0.1, 0.15) is 5.54 Å². The van der Waals surface area contributed by atoms with Crippen LogP contribution in [-0.2, 0) is 14.3 Å². The molecule has 0 heterocycles. The van der Waals surface area contributed by atoms with Gasteiger partial charge in [0.15, 0.2) is 0 Å². The number of carboxylic acids is 1. The first-order valence-corrected chi connectivity index (χ1v) is 6.64. The molecule has 0 aliphatic heterocycles. The zero-order valence-electron chi connectivity index (χ0n) is 11.4. The molecule has 0 rings (SSSR count). The van der Waals surface area contributed by atoms with E-state index in [9.17, 15) is 9.59 Å². The monoisotopic (exact) mass is 259 g/mol. The summed E-state index contributed by atoms with van der Waals surface area (Å²) >= 11 is 0. The quantitative estimate of drug-likeness (QED) is 0.463. The van der Waals surface area contributed by atoms with Crippen molar-refractivity contribution in [3.05, 3.63) is 0 Å². The zero-order valence-corrected chi connectivity index (χ0v) is 11.4. The van der Waals surface area contributed by atoms with E-state index in [2.05, 4.69) is 6.92 Å². The summed E-state index contributed by atoms with van der Waals surface area (Å²) in [5, 5.41) is 8.94. The maximum Gasteiger partial charge on any atom is 0.323 e. The van der Waals surface area contributed by atoms with Gasteiger partial charge >= 0.3 is 11.9 Å². The molecule has 106 valence electrons. The number of hydrogen-bond acceptors (Lipinski definition) is 4. The summed E-state index contributed by atoms with van der Waals surface area (Å²) in [6.45, 7) is 4.23. The summed E-state index contributed by atoms with van der Waals surface area (Å²) < 4.78 is 5.02. The molecule has 0 saturated carbocycles. The second-order valence-corrected chi connectivity index (χ2v) is 4.60. The van der Waals surface area contributed by atoms with Crippen molar-refractivity contribution in [2.75, 3.05) is 6.61 Å². The molecule has 0 saturated heterocycles. The average Bonchev–Trinajstić information content (AvgIpc) is 2.35. The first-order chi connectivity index (χ1) is 8.46. The predicted molar refractivity (Wildman–Crippen MR) is 69.2 cm³/mol. The van der Waals surface area contributed by atoms with Gasteiger partial charge in [0, 0.05) is 6.42 Å². The lowest BCUT2D eigenvalue weighted by molar-refractivity contribution is -0.146. The molecule has 5 heteroatoms. The minimum Gasteiger partial charge on any atom is -0.480 e. The number of hydrogen-bond donors (Lipinski definition) is 2. The highest BCUT2D eigenvalue weighted by Crippen LogP contribution is 2.15. The molecule has 0 aromatic rings. The van der Waals surface area contributed by atoms with Crippen LogP contribution in [0.1, 0.15) is 58.8 Å². The molecule has 0 bridgehead atoms. The lowest BCUT2D eigenvalue weighted by Gasteiger charge is -2.22. The zero-order chi connectivity index (χ0) is 14.0. The lowest BCUT2D eigenvalue weighted by Crippen LogP contribution is -2.47. The Balaban J connectivity index is 3.79. The van der Waals surface area contributed by atoms with Crippen LogP contribution >= 0.6 is 0 Å². The summed E-state index contributed by atoms with van der Waals surface area (Å²) in [5.74, 6) is -1.43. The van der Waals surface area contributed by atoms with Gasteiger partial charge in [0.25, 0.3) is 0 Å². The number of esters is 1. The number of aliphatic carboxylic acids is 1. The third-order valence-corrected chi connectivity index (χ3v) is 3.09. The molecule has 0 aliphatic carbocycles. The highest BCUT2D eigenvalue weighted by Gasteiger charge is 2.32. The maximum absolute atomic E-state index is 11.4. The molecule has 0 fully saturated rings. The Morgan fingerprint density at radius 2 is 1.89 bits per heavy atom. The van der Waals surface area contributed by atoms with E-state index in [1.54, 1.807) is 6.92 Å². The summed E-state index contributed by atoms with van der Waals surface area (Å²) in [6.07, 6.45) is 4.66. The van der Waals surface area contributed by atoms with Crippen LogP contribution in [0.2, 0.25) is 0 Å². The van der Waals surface area contributed by atoms with Crippen LogP contribution in [-0.4, -0.2) is 29.2 Å². The molecule has 0 unspecified atom stereocenters. The Labute approximate surface area is 109 Å². The van der Waals surface area contributed by atoms with Gasteiger partial charge in [-0.25, -0.2) is 0 Å². The fourth-order valence-electron chi connectivity index (χ4n) is 1.55. The molecule has 0 aliphatic rings. The Morgan fingerprint density at radius 1 is 1.22 bits per heavy atom. The summed E-state index contributed by atoms with van der Waals surface area (Å²) in [5.41, 5.74) is 4.36. The fourth-order valence-corrected chi connectivity index (χ4v) is 1.55. The van der Waals surface area contributed by atoms with Crippen LogP contribution in [0.4, 0.5) is 0 Å². The molecule has 0 amide bonds. The van der Waals surface area contributed by atoms with Crippen molar-refractivity contribution in [2.45, 2.75) is 64.3 Å². The molecule has 3 N–H and O–H groups in total. The lowest BCUT2D eigenvalue weighted by atomic mass is 9.92. The SMILES string of the molecule is CCCCCCOC(=O)CC[C@@](N)(CC)C(=O)O. The van der Waals surface area contributed by atoms with Crippen molar-refractivity contribution in [1.82, 2.24) is 0 Å². The standard InChI is InChI=1S/C13H25NO4/c1-3-5-6-7-10-18-11(15)8-9-13(14,4-2)12(16)17/h3-10,14H2,1-2H3,(H,16,17)/t13-/m0/s1. The molecule has 1 atom stereocenters. The van der Waals surface area contributed by atoms with E-state index < -0.39 is 11.5 Å². The van der Waals surface area contributed by atoms with Crippen LogP contribution < -0.4 is 5.73 Å². The third-order valence-electron chi connectivity index (χ3n) is 3.09. The number of carboxylic acid groups (broad SMARTS) is 1. The van der Waals surface area contributed by atoms with Crippen LogP contribution in [0, 0.1) is 0 Å². The normalized spacial score (nSPS) is 13.9. The smallest absolute Gasteiger partial charge is 0.323 e. The van der Waals surface area contributed by atoms with Gasteiger partial charge in [-0.3, -0.25) is 9.59 Å². The van der Waals surface area contributed by atoms with Crippen molar-refractivity contribution in [3.63, 3.8) is 0 Å². The molecular weight excluding hydrogens is 234 g/mol. The van der Waals surface area contributed by atoms with Crippen molar-refractivity contribution in [1.29, 1.82) is 0 Å². The average molecular weight is 259 g/mol. The van der Waals surface area contributed by atoms with E-state index >= 15 is 0 Å². The summed E-state index contributed by atoms with van der Waals surface area (Å²) in [7, 11) is 0. The first kappa shape index (κ1) is 16.9. The van der Waals surface area contributed by atoms with Gasteiger partial charge < -0.3 is 15.6 Å². The number of carbonyl (C=O) groups is 2. The van der Waals surface area contributed by atoms with E-state index in [1.165, 1.54) is 0 Å². The number of ether oxygens (including phenoxy) is 1. The number of unbranched alkanes of at least 4 members (excludes halogenated alkanes) is 3. The Hall–Kier alpha value is -1.10. The number of rotatable bonds is 10. The number of carbonyl (C=O) groups excluding carboxylic acids is 1. The van der Waals surface area contributed by atoms with E-state index in [-0.39, 0.29) is 18.8 Å². The molecular formula is C13H25NO4. The highest BCUT2D eigenvalue weighted by molar-refractivity contribution is 5.79. The van der Waals surface area contributed by atoms with Gasteiger partial charge in [-0.15, -0.1) is 0 Å². The van der Waals surface area contributed by atoms with Crippen molar-refractivity contribution in [3.8, 4) is 0 Å². The number of nitrogens with two attached hydrogens (primary N) is 1. The van der Waals surface area contributed by atoms with E-state index in [0.29, 0.717) is 13.0 Å². The maximum atomic E-state index is 11.4. The fraction of sp³-hybridized carbons (Fsp3) is 0.846. The Bertz CT molecular complexity index is 268. The van der Waals surface area contributed by atoms with Gasteiger partial charge in [0.2, 0.25) is 0 Å². The van der Waals surface area contributed by atoms with Gasteiger partial charge in [0.05, 0.1) is 6.61 Å². The van der Waals surface area contributed by atoms with E-state index in [1.807, 2.05) is 0 Å². The second kappa shape index (κ2) is 8.91. The summed E-state index contributed by atoms with van der Waals surface area (Å²) in [6, 6.07) is 0. The third kappa shape index (κ3) is 6.59. The minimum absolute atomic E-state index is 0.0599. The van der Waals surface area contributed by atoms with Crippen molar-refractivity contribution in [2.24, 2.45) is 5.73 Å². The van der Waals surface area contributed by atoms with Crippen LogP contribution in [0.5, 0.6) is 0 Å². The van der Waals surface area contributed by atoms with Crippen LogP contribution in [0.15, 0.2) is 0 Å². The molecule has 0 spiro atoms. The molecule has 5 nitrogen and oxygen atoms in total. The Kier molecular flexibility index (Phi) is 8.37. The van der Waals surface area contributed by atoms with Gasteiger partial charge in [-0.2, -0.15) is 0 Å². The minimum atomic E-state index is -1.32. The van der Waals surface area contributed by atoms with Crippen LogP contribution in [0.25, 0.3) is 0 Å².